The van der Waals surface area contributed by atoms with Crippen molar-refractivity contribution in [3.8, 4) is 0 Å². The van der Waals surface area contributed by atoms with Gasteiger partial charge in [0.25, 0.3) is 0 Å². The van der Waals surface area contributed by atoms with Crippen LogP contribution < -0.4 is 5.32 Å². The van der Waals surface area contributed by atoms with Crippen LogP contribution in [-0.2, 0) is 20.8 Å². The van der Waals surface area contributed by atoms with Crippen molar-refractivity contribution in [3.63, 3.8) is 0 Å². The molecule has 1 aromatic rings. The predicted octanol–water partition coefficient (Wildman–Crippen LogP) is 2.53. The summed E-state index contributed by atoms with van der Waals surface area (Å²) >= 11 is 0. The van der Waals surface area contributed by atoms with Gasteiger partial charge in [0, 0.05) is 18.7 Å². The van der Waals surface area contributed by atoms with E-state index in [0.717, 1.165) is 12.1 Å². The van der Waals surface area contributed by atoms with Crippen molar-refractivity contribution in [1.82, 2.24) is 4.90 Å². The van der Waals surface area contributed by atoms with Gasteiger partial charge in [-0.2, -0.15) is 0 Å². The zero-order chi connectivity index (χ0) is 17.1. The lowest BCUT2D eigenvalue weighted by Crippen LogP contribution is -2.34. The van der Waals surface area contributed by atoms with E-state index in [4.69, 9.17) is 0 Å². The minimum atomic E-state index is -0.229. The Balaban J connectivity index is 1.54. The second-order valence-electron chi connectivity index (χ2n) is 6.33. The lowest BCUT2D eigenvalue weighted by molar-refractivity contribution is -0.140. The number of aryl methyl sites for hydroxylation is 1. The third-order valence-electron chi connectivity index (χ3n) is 4.81. The molecule has 2 atom stereocenters. The molecule has 1 aliphatic heterocycles. The first-order valence-corrected chi connectivity index (χ1v) is 8.49. The molecule has 3 amide bonds. The molecule has 1 aromatic carbocycles. The Labute approximate surface area is 141 Å². The average Bonchev–Trinajstić information content (AvgIpc) is 2.85. The number of rotatable bonds is 5. The summed E-state index contributed by atoms with van der Waals surface area (Å²) in [6.07, 6.45) is 6.25. The van der Waals surface area contributed by atoms with Crippen LogP contribution in [0.5, 0.6) is 0 Å². The highest BCUT2D eigenvalue weighted by Crippen LogP contribution is 2.34. The smallest absolute Gasteiger partial charge is 0.233 e. The highest BCUT2D eigenvalue weighted by Gasteiger charge is 2.46. The number of carbonyl (C=O) groups excluding carboxylic acids is 3. The van der Waals surface area contributed by atoms with Gasteiger partial charge in [0.2, 0.25) is 17.7 Å². The molecule has 0 saturated carbocycles. The first kappa shape index (κ1) is 16.4. The summed E-state index contributed by atoms with van der Waals surface area (Å²) in [7, 11) is 0. The summed E-state index contributed by atoms with van der Waals surface area (Å²) in [6, 6.07) is 7.67. The van der Waals surface area contributed by atoms with E-state index in [1.165, 1.54) is 10.5 Å². The second-order valence-corrected chi connectivity index (χ2v) is 6.33. The molecule has 1 N–H and O–H groups in total. The van der Waals surface area contributed by atoms with Crippen molar-refractivity contribution in [3.05, 3.63) is 42.0 Å². The number of allylic oxidation sites excluding steroid dienone is 2. The number of fused-ring (bicyclic) bond motifs is 1. The monoisotopic (exact) mass is 326 g/mol. The largest absolute Gasteiger partial charge is 0.326 e. The SMILES string of the molecule is CCc1ccc(NC(=O)CCN2C(=O)C3CC=CCC3C2=O)cc1. The van der Waals surface area contributed by atoms with E-state index >= 15 is 0 Å². The molecule has 0 radical (unpaired) electrons. The van der Waals surface area contributed by atoms with Crippen LogP contribution >= 0.6 is 0 Å². The van der Waals surface area contributed by atoms with Crippen LogP contribution in [0.25, 0.3) is 0 Å². The Bertz CT molecular complexity index is 652. The summed E-state index contributed by atoms with van der Waals surface area (Å²) in [5.41, 5.74) is 1.94. The minimum absolute atomic E-state index is 0.125. The normalized spacial score (nSPS) is 22.6. The number of imide groups is 1. The van der Waals surface area contributed by atoms with Gasteiger partial charge in [0.15, 0.2) is 0 Å². The number of likely N-dealkylation sites (tertiary alicyclic amines) is 1. The molecule has 1 aliphatic carbocycles. The summed E-state index contributed by atoms with van der Waals surface area (Å²) in [5.74, 6) is -0.906. The molecular weight excluding hydrogens is 304 g/mol. The Kier molecular flexibility index (Phi) is 4.79. The highest BCUT2D eigenvalue weighted by molar-refractivity contribution is 6.05. The van der Waals surface area contributed by atoms with Gasteiger partial charge < -0.3 is 5.32 Å². The number of anilines is 1. The molecule has 126 valence electrons. The number of carbonyl (C=O) groups is 3. The quantitative estimate of drug-likeness (QED) is 0.668. The third kappa shape index (κ3) is 3.25. The Morgan fingerprint density at radius 2 is 1.67 bits per heavy atom. The van der Waals surface area contributed by atoms with Gasteiger partial charge in [-0.25, -0.2) is 0 Å². The fourth-order valence-electron chi connectivity index (χ4n) is 3.35. The maximum Gasteiger partial charge on any atom is 0.233 e. The first-order valence-electron chi connectivity index (χ1n) is 8.49. The number of hydrogen-bond acceptors (Lipinski definition) is 3. The molecule has 5 heteroatoms. The van der Waals surface area contributed by atoms with Crippen LogP contribution in [0.4, 0.5) is 5.69 Å². The minimum Gasteiger partial charge on any atom is -0.326 e. The third-order valence-corrected chi connectivity index (χ3v) is 4.81. The molecule has 0 bridgehead atoms. The molecule has 2 unspecified atom stereocenters. The van der Waals surface area contributed by atoms with E-state index in [9.17, 15) is 14.4 Å². The topological polar surface area (TPSA) is 66.5 Å². The molecule has 0 spiro atoms. The van der Waals surface area contributed by atoms with Gasteiger partial charge >= 0.3 is 0 Å². The molecule has 2 aliphatic rings. The molecule has 3 rings (SSSR count). The van der Waals surface area contributed by atoms with Gasteiger partial charge in [0.05, 0.1) is 11.8 Å². The van der Waals surface area contributed by atoms with Gasteiger partial charge in [-0.15, -0.1) is 0 Å². The van der Waals surface area contributed by atoms with Crippen LogP contribution in [0.2, 0.25) is 0 Å². The summed E-state index contributed by atoms with van der Waals surface area (Å²) in [4.78, 5) is 38.0. The van der Waals surface area contributed by atoms with E-state index in [-0.39, 0.29) is 42.5 Å². The molecular formula is C19H22N2O3. The fourth-order valence-corrected chi connectivity index (χ4v) is 3.35. The first-order chi connectivity index (χ1) is 11.6. The molecule has 5 nitrogen and oxygen atoms in total. The second kappa shape index (κ2) is 6.99. The fraction of sp³-hybridized carbons (Fsp3) is 0.421. The van der Waals surface area contributed by atoms with Gasteiger partial charge in [-0.1, -0.05) is 31.2 Å². The van der Waals surface area contributed by atoms with Crippen LogP contribution in [0.3, 0.4) is 0 Å². The lowest BCUT2D eigenvalue weighted by atomic mass is 9.85. The van der Waals surface area contributed by atoms with Crippen molar-refractivity contribution >= 4 is 23.4 Å². The zero-order valence-electron chi connectivity index (χ0n) is 13.8. The predicted molar refractivity (Wildman–Crippen MR) is 91.1 cm³/mol. The van der Waals surface area contributed by atoms with Crippen molar-refractivity contribution in [2.75, 3.05) is 11.9 Å². The maximum atomic E-state index is 12.3. The Morgan fingerprint density at radius 1 is 1.08 bits per heavy atom. The Morgan fingerprint density at radius 3 is 2.21 bits per heavy atom. The van der Waals surface area contributed by atoms with Crippen LogP contribution in [0.1, 0.15) is 31.7 Å². The summed E-state index contributed by atoms with van der Waals surface area (Å²) < 4.78 is 0. The van der Waals surface area contributed by atoms with Crippen LogP contribution in [0.15, 0.2) is 36.4 Å². The molecule has 24 heavy (non-hydrogen) atoms. The lowest BCUT2D eigenvalue weighted by Gasteiger charge is -2.14. The number of nitrogens with one attached hydrogen (secondary N) is 1. The molecule has 1 fully saturated rings. The van der Waals surface area contributed by atoms with Gasteiger partial charge in [-0.05, 0) is 37.0 Å². The van der Waals surface area contributed by atoms with Crippen LogP contribution in [0, 0.1) is 11.8 Å². The molecule has 1 saturated heterocycles. The number of nitrogens with zero attached hydrogens (tertiary/aromatic N) is 1. The van der Waals surface area contributed by atoms with E-state index < -0.39 is 0 Å². The van der Waals surface area contributed by atoms with Gasteiger partial charge in [0.1, 0.15) is 0 Å². The van der Waals surface area contributed by atoms with Crippen molar-refractivity contribution in [2.24, 2.45) is 11.8 Å². The molecule has 1 heterocycles. The number of benzene rings is 1. The van der Waals surface area contributed by atoms with Crippen molar-refractivity contribution in [1.29, 1.82) is 0 Å². The van der Waals surface area contributed by atoms with Crippen LogP contribution in [-0.4, -0.2) is 29.2 Å². The van der Waals surface area contributed by atoms with E-state index in [1.807, 2.05) is 36.4 Å². The van der Waals surface area contributed by atoms with Crippen molar-refractivity contribution in [2.45, 2.75) is 32.6 Å². The number of amides is 3. The maximum absolute atomic E-state index is 12.3. The highest BCUT2D eigenvalue weighted by atomic mass is 16.2. The Hall–Kier alpha value is -2.43. The molecule has 0 aromatic heterocycles. The average molecular weight is 326 g/mol. The van der Waals surface area contributed by atoms with E-state index in [0.29, 0.717) is 12.8 Å². The van der Waals surface area contributed by atoms with Crippen molar-refractivity contribution < 1.29 is 14.4 Å². The number of hydrogen-bond donors (Lipinski definition) is 1. The summed E-state index contributed by atoms with van der Waals surface area (Å²) in [6.45, 7) is 2.23. The zero-order valence-corrected chi connectivity index (χ0v) is 13.8. The van der Waals surface area contributed by atoms with E-state index in [2.05, 4.69) is 12.2 Å². The standard InChI is InChI=1S/C19H22N2O3/c1-2-13-7-9-14(10-8-13)20-17(22)11-12-21-18(23)15-5-3-4-6-16(15)19(21)24/h3-4,7-10,15-16H,2,5-6,11-12H2,1H3,(H,20,22). The van der Waals surface area contributed by atoms with Gasteiger partial charge in [-0.3, -0.25) is 19.3 Å². The van der Waals surface area contributed by atoms with E-state index in [1.54, 1.807) is 0 Å². The summed E-state index contributed by atoms with van der Waals surface area (Å²) in [5, 5.41) is 2.81.